The number of nitrogens with one attached hydrogen (secondary N) is 1. The van der Waals surface area contributed by atoms with Crippen LogP contribution in [0.5, 0.6) is 5.75 Å². The predicted molar refractivity (Wildman–Crippen MR) is 86.9 cm³/mol. The second kappa shape index (κ2) is 7.34. The number of hydrogen-bond donors (Lipinski definition) is 3. The number of benzene rings is 2. The van der Waals surface area contributed by atoms with Gasteiger partial charge in [-0.25, -0.2) is 5.43 Å². The van der Waals surface area contributed by atoms with Gasteiger partial charge in [-0.3, -0.25) is 14.9 Å². The number of aliphatic hydroxyl groups is 1. The van der Waals surface area contributed by atoms with Crippen LogP contribution in [-0.2, 0) is 6.61 Å². The molecule has 0 fully saturated rings. The minimum Gasteiger partial charge on any atom is -0.507 e. The number of hydrazone groups is 1. The van der Waals surface area contributed by atoms with Gasteiger partial charge in [-0.15, -0.1) is 0 Å². The van der Waals surface area contributed by atoms with Crippen LogP contribution in [0.1, 0.15) is 27.0 Å². The van der Waals surface area contributed by atoms with Crippen LogP contribution in [0.25, 0.3) is 0 Å². The molecule has 2 aromatic carbocycles. The Labute approximate surface area is 137 Å². The maximum atomic E-state index is 11.9. The molecule has 0 aliphatic rings. The molecule has 0 saturated heterocycles. The monoisotopic (exact) mass is 329 g/mol. The summed E-state index contributed by atoms with van der Waals surface area (Å²) >= 11 is 0. The van der Waals surface area contributed by atoms with Crippen LogP contribution in [0.2, 0.25) is 0 Å². The third kappa shape index (κ3) is 3.73. The molecule has 1 amide bonds. The number of phenolic OH excluding ortho intramolecular Hbond substituents is 1. The number of hydrogen-bond acceptors (Lipinski definition) is 6. The van der Waals surface area contributed by atoms with Crippen molar-refractivity contribution in [2.24, 2.45) is 5.10 Å². The molecule has 2 rings (SSSR count). The molecule has 0 spiro atoms. The number of aryl methyl sites for hydroxylation is 1. The van der Waals surface area contributed by atoms with Crippen molar-refractivity contribution in [2.45, 2.75) is 13.5 Å². The fourth-order valence-electron chi connectivity index (χ4n) is 2.00. The van der Waals surface area contributed by atoms with Crippen LogP contribution < -0.4 is 5.43 Å². The first-order valence-corrected chi connectivity index (χ1v) is 6.94. The molecule has 0 aliphatic heterocycles. The van der Waals surface area contributed by atoms with Crippen molar-refractivity contribution in [2.75, 3.05) is 0 Å². The highest BCUT2D eigenvalue weighted by Gasteiger charge is 2.10. The van der Waals surface area contributed by atoms with Crippen molar-refractivity contribution >= 4 is 17.8 Å². The van der Waals surface area contributed by atoms with Crippen LogP contribution in [0, 0.1) is 17.0 Å². The van der Waals surface area contributed by atoms with Gasteiger partial charge in [0.25, 0.3) is 11.6 Å². The summed E-state index contributed by atoms with van der Waals surface area (Å²) in [7, 11) is 0. The van der Waals surface area contributed by atoms with Crippen molar-refractivity contribution in [1.29, 1.82) is 0 Å². The zero-order chi connectivity index (χ0) is 17.7. The van der Waals surface area contributed by atoms with E-state index in [1.54, 1.807) is 19.1 Å². The van der Waals surface area contributed by atoms with Crippen LogP contribution in [-0.4, -0.2) is 27.3 Å². The number of nitro benzene ring substituents is 1. The zero-order valence-corrected chi connectivity index (χ0v) is 12.8. The Bertz CT molecular complexity index is 800. The van der Waals surface area contributed by atoms with Gasteiger partial charge in [-0.2, -0.15) is 5.10 Å². The normalized spacial score (nSPS) is 10.8. The van der Waals surface area contributed by atoms with Gasteiger partial charge in [-0.05, 0) is 30.2 Å². The number of aromatic hydroxyl groups is 1. The smallest absolute Gasteiger partial charge is 0.271 e. The van der Waals surface area contributed by atoms with E-state index >= 15 is 0 Å². The maximum Gasteiger partial charge on any atom is 0.271 e. The number of aliphatic hydroxyl groups excluding tert-OH is 1. The molecule has 0 bridgehead atoms. The summed E-state index contributed by atoms with van der Waals surface area (Å²) in [5.41, 5.74) is 3.72. The van der Waals surface area contributed by atoms with Gasteiger partial charge in [0.2, 0.25) is 0 Å². The third-order valence-electron chi connectivity index (χ3n) is 3.38. The summed E-state index contributed by atoms with van der Waals surface area (Å²) in [5, 5.41) is 33.6. The van der Waals surface area contributed by atoms with Gasteiger partial charge in [0.05, 0.1) is 17.7 Å². The largest absolute Gasteiger partial charge is 0.507 e. The summed E-state index contributed by atoms with van der Waals surface area (Å²) in [4.78, 5) is 21.9. The molecule has 0 unspecified atom stereocenters. The Kier molecular flexibility index (Phi) is 5.23. The number of nitro groups is 1. The number of phenols is 1. The average Bonchev–Trinajstić information content (AvgIpc) is 2.58. The lowest BCUT2D eigenvalue weighted by molar-refractivity contribution is -0.384. The SMILES string of the molecule is Cc1ccc(CO)c(/C=N/NC(=O)c2ccc([N+](=O)[O-])cc2)c1O. The summed E-state index contributed by atoms with van der Waals surface area (Å²) in [6.45, 7) is 1.41. The average molecular weight is 329 g/mol. The second-order valence-electron chi connectivity index (χ2n) is 4.97. The van der Waals surface area contributed by atoms with Gasteiger partial charge in [0.1, 0.15) is 5.75 Å². The molecule has 0 aromatic heterocycles. The molecule has 0 aliphatic carbocycles. The number of carbonyl (C=O) groups is 1. The summed E-state index contributed by atoms with van der Waals surface area (Å²) in [6.07, 6.45) is 1.23. The molecule has 0 heterocycles. The minimum absolute atomic E-state index is 0.0325. The van der Waals surface area contributed by atoms with E-state index in [1.165, 1.54) is 30.5 Å². The van der Waals surface area contributed by atoms with Gasteiger partial charge in [0.15, 0.2) is 0 Å². The molecule has 24 heavy (non-hydrogen) atoms. The Balaban J connectivity index is 2.13. The molecule has 2 aromatic rings. The Morgan fingerprint density at radius 1 is 1.29 bits per heavy atom. The van der Waals surface area contributed by atoms with Gasteiger partial charge >= 0.3 is 0 Å². The summed E-state index contributed by atoms with van der Waals surface area (Å²) in [6, 6.07) is 8.37. The van der Waals surface area contributed by atoms with Crippen LogP contribution in [0.3, 0.4) is 0 Å². The highest BCUT2D eigenvalue weighted by Crippen LogP contribution is 2.24. The van der Waals surface area contributed by atoms with E-state index in [0.717, 1.165) is 0 Å². The molecular weight excluding hydrogens is 314 g/mol. The van der Waals surface area contributed by atoms with Crippen molar-refractivity contribution in [1.82, 2.24) is 5.43 Å². The lowest BCUT2D eigenvalue weighted by Crippen LogP contribution is -2.17. The maximum absolute atomic E-state index is 11.9. The fraction of sp³-hybridized carbons (Fsp3) is 0.125. The first kappa shape index (κ1) is 17.1. The van der Waals surface area contributed by atoms with Gasteiger partial charge in [0, 0.05) is 23.3 Å². The van der Waals surface area contributed by atoms with Crippen LogP contribution in [0.15, 0.2) is 41.5 Å². The third-order valence-corrected chi connectivity index (χ3v) is 3.38. The van der Waals surface area contributed by atoms with Crippen molar-refractivity contribution in [3.63, 3.8) is 0 Å². The Hall–Kier alpha value is -3.26. The molecule has 8 heteroatoms. The van der Waals surface area contributed by atoms with Crippen molar-refractivity contribution in [3.05, 3.63) is 68.8 Å². The number of amides is 1. The molecule has 3 N–H and O–H groups in total. The minimum atomic E-state index is -0.559. The van der Waals surface area contributed by atoms with E-state index in [1.807, 2.05) is 0 Å². The quantitative estimate of drug-likeness (QED) is 0.438. The lowest BCUT2D eigenvalue weighted by atomic mass is 10.0. The Morgan fingerprint density at radius 3 is 2.54 bits per heavy atom. The molecular formula is C16H15N3O5. The number of rotatable bonds is 5. The molecule has 0 atom stereocenters. The second-order valence-corrected chi connectivity index (χ2v) is 4.97. The van der Waals surface area contributed by atoms with E-state index in [4.69, 9.17) is 0 Å². The highest BCUT2D eigenvalue weighted by molar-refractivity contribution is 5.95. The van der Waals surface area contributed by atoms with E-state index in [9.17, 15) is 25.1 Å². The number of carbonyl (C=O) groups excluding carboxylic acids is 1. The summed E-state index contributed by atoms with van der Waals surface area (Å²) in [5.74, 6) is -0.589. The molecule has 8 nitrogen and oxygen atoms in total. The topological polar surface area (TPSA) is 125 Å². The molecule has 124 valence electrons. The van der Waals surface area contributed by atoms with Gasteiger partial charge < -0.3 is 10.2 Å². The van der Waals surface area contributed by atoms with Crippen molar-refractivity contribution < 1.29 is 19.9 Å². The molecule has 0 radical (unpaired) electrons. The standard InChI is InChI=1S/C16H15N3O5/c1-10-2-3-12(9-20)14(15(10)21)8-17-18-16(22)11-4-6-13(7-5-11)19(23)24/h2-8,20-21H,9H2,1H3,(H,18,22)/b17-8+. The number of nitrogens with zero attached hydrogens (tertiary/aromatic N) is 2. The Morgan fingerprint density at radius 2 is 1.96 bits per heavy atom. The van der Waals surface area contributed by atoms with E-state index in [2.05, 4.69) is 10.5 Å². The van der Waals surface area contributed by atoms with Crippen LogP contribution >= 0.6 is 0 Å². The first-order valence-electron chi connectivity index (χ1n) is 6.94. The van der Waals surface area contributed by atoms with E-state index in [-0.39, 0.29) is 23.6 Å². The number of non-ortho nitro benzene ring substituents is 1. The lowest BCUT2D eigenvalue weighted by Gasteiger charge is -2.07. The summed E-state index contributed by atoms with van der Waals surface area (Å²) < 4.78 is 0. The van der Waals surface area contributed by atoms with Gasteiger partial charge in [-0.1, -0.05) is 12.1 Å². The fourth-order valence-corrected chi connectivity index (χ4v) is 2.00. The van der Waals surface area contributed by atoms with E-state index < -0.39 is 10.8 Å². The van der Waals surface area contributed by atoms with E-state index in [0.29, 0.717) is 16.7 Å². The predicted octanol–water partition coefficient (Wildman–Crippen LogP) is 1.87. The molecule has 0 saturated carbocycles. The van der Waals surface area contributed by atoms with Crippen molar-refractivity contribution in [3.8, 4) is 5.75 Å². The first-order chi connectivity index (χ1) is 11.4. The zero-order valence-electron chi connectivity index (χ0n) is 12.8. The highest BCUT2D eigenvalue weighted by atomic mass is 16.6. The van der Waals surface area contributed by atoms with Crippen LogP contribution in [0.4, 0.5) is 5.69 Å².